The van der Waals surface area contributed by atoms with Gasteiger partial charge in [-0.2, -0.15) is 0 Å². The molecule has 3 rings (SSSR count). The minimum Gasteiger partial charge on any atom is -0.200 e. The van der Waals surface area contributed by atoms with Crippen molar-refractivity contribution in [1.82, 2.24) is 0 Å². The van der Waals surface area contributed by atoms with Crippen LogP contribution in [0.15, 0.2) is 42.6 Å². The molecular weight excluding hydrogens is 338 g/mol. The van der Waals surface area contributed by atoms with Gasteiger partial charge in [-0.05, 0) is 77.7 Å². The van der Waals surface area contributed by atoms with E-state index in [0.29, 0.717) is 23.3 Å². The second kappa shape index (κ2) is 8.07. The third-order valence-electron chi connectivity index (χ3n) is 5.91. The van der Waals surface area contributed by atoms with Crippen LogP contribution in [0.4, 0.5) is 0 Å². The maximum absolute atomic E-state index is 8.32. The standard InChI is InChI=1S/C27H36N/c1-9-21-14-19(6)15-25(20(21)7)27-24-11-10-23(26(17(2)3)18(4)5)16-22(24)12-13-28(27)8/h10-18,26H,9H2,1-8H3/q+1/i6D3,9D2. The molecule has 0 unspecified atom stereocenters. The first-order valence-corrected chi connectivity index (χ1v) is 10.2. The van der Waals surface area contributed by atoms with Crippen LogP contribution in [0.25, 0.3) is 22.0 Å². The second-order valence-electron chi connectivity index (χ2n) is 8.58. The van der Waals surface area contributed by atoms with Gasteiger partial charge in [0, 0.05) is 12.9 Å². The zero-order chi connectivity index (χ0) is 24.9. The quantitative estimate of drug-likeness (QED) is 0.424. The molecule has 0 radical (unpaired) electrons. The van der Waals surface area contributed by atoms with E-state index in [4.69, 9.17) is 6.85 Å². The summed E-state index contributed by atoms with van der Waals surface area (Å²) in [7, 11) is 1.95. The first-order chi connectivity index (χ1) is 15.1. The number of hydrogen-bond acceptors (Lipinski definition) is 0. The van der Waals surface area contributed by atoms with Gasteiger partial charge in [-0.15, -0.1) is 0 Å². The lowest BCUT2D eigenvalue weighted by atomic mass is 9.79. The largest absolute Gasteiger partial charge is 0.220 e. The van der Waals surface area contributed by atoms with Gasteiger partial charge in [0.05, 0.1) is 10.9 Å². The van der Waals surface area contributed by atoms with Crippen molar-refractivity contribution in [3.63, 3.8) is 0 Å². The van der Waals surface area contributed by atoms with Crippen LogP contribution < -0.4 is 4.57 Å². The monoisotopic (exact) mass is 379 g/mol. The smallest absolute Gasteiger partial charge is 0.200 e. The minimum absolute atomic E-state index is 0.164. The molecule has 1 heteroatoms. The van der Waals surface area contributed by atoms with E-state index >= 15 is 0 Å². The lowest BCUT2D eigenvalue weighted by molar-refractivity contribution is -0.659. The van der Waals surface area contributed by atoms with Crippen molar-refractivity contribution in [2.24, 2.45) is 18.9 Å². The van der Waals surface area contributed by atoms with Crippen molar-refractivity contribution in [2.45, 2.75) is 60.7 Å². The van der Waals surface area contributed by atoms with E-state index in [1.165, 1.54) is 18.6 Å². The molecule has 0 amide bonds. The third-order valence-corrected chi connectivity index (χ3v) is 5.91. The summed E-state index contributed by atoms with van der Waals surface area (Å²) in [4.78, 5) is 0. The second-order valence-corrected chi connectivity index (χ2v) is 8.58. The van der Waals surface area contributed by atoms with E-state index in [1.54, 1.807) is 6.07 Å². The molecule has 3 aromatic rings. The number of fused-ring (bicyclic) bond motifs is 1. The zero-order valence-electron chi connectivity index (χ0n) is 23.2. The predicted octanol–water partition coefficient (Wildman–Crippen LogP) is 6.91. The Morgan fingerprint density at radius 1 is 1.04 bits per heavy atom. The van der Waals surface area contributed by atoms with Crippen LogP contribution in [0.2, 0.25) is 0 Å². The normalized spacial score (nSPS) is 15.6. The number of aryl methyl sites for hydroxylation is 3. The summed E-state index contributed by atoms with van der Waals surface area (Å²) in [5.74, 6) is 1.50. The average molecular weight is 380 g/mol. The number of rotatable bonds is 5. The molecule has 1 nitrogen and oxygen atoms in total. The number of benzene rings is 2. The van der Waals surface area contributed by atoms with Gasteiger partial charge >= 0.3 is 0 Å². The van der Waals surface area contributed by atoms with Crippen molar-refractivity contribution >= 4 is 10.8 Å². The highest BCUT2D eigenvalue weighted by Crippen LogP contribution is 2.36. The summed E-state index contributed by atoms with van der Waals surface area (Å²) in [5.41, 5.74) is 4.32. The van der Waals surface area contributed by atoms with Gasteiger partial charge in [0.25, 0.3) is 0 Å². The summed E-state index contributed by atoms with van der Waals surface area (Å²) in [6, 6.07) is 11.9. The molecule has 0 atom stereocenters. The molecule has 0 aliphatic rings. The molecule has 28 heavy (non-hydrogen) atoms. The van der Waals surface area contributed by atoms with E-state index in [1.807, 2.05) is 24.7 Å². The summed E-state index contributed by atoms with van der Waals surface area (Å²) in [5, 5.41) is 2.13. The molecule has 2 aromatic carbocycles. The van der Waals surface area contributed by atoms with Crippen molar-refractivity contribution in [1.29, 1.82) is 0 Å². The Labute approximate surface area is 178 Å². The van der Waals surface area contributed by atoms with E-state index < -0.39 is 13.2 Å². The molecule has 0 N–H and O–H groups in total. The lowest BCUT2D eigenvalue weighted by Gasteiger charge is -2.25. The zero-order valence-corrected chi connectivity index (χ0v) is 18.2. The summed E-state index contributed by atoms with van der Waals surface area (Å²) < 4.78 is 42.6. The number of hydrogen-bond donors (Lipinski definition) is 0. The Morgan fingerprint density at radius 2 is 1.75 bits per heavy atom. The van der Waals surface area contributed by atoms with Gasteiger partial charge in [-0.25, -0.2) is 4.57 Å². The number of pyridine rings is 1. The first kappa shape index (κ1) is 14.8. The topological polar surface area (TPSA) is 3.88 Å². The lowest BCUT2D eigenvalue weighted by Crippen LogP contribution is -2.31. The van der Waals surface area contributed by atoms with Gasteiger partial charge in [0.2, 0.25) is 5.69 Å². The Kier molecular flexibility index (Phi) is 4.26. The minimum atomic E-state index is -2.32. The van der Waals surface area contributed by atoms with E-state index in [-0.39, 0.29) is 5.56 Å². The molecule has 0 fully saturated rings. The Balaban J connectivity index is 2.35. The Morgan fingerprint density at radius 3 is 2.36 bits per heavy atom. The molecule has 0 aliphatic carbocycles. The van der Waals surface area contributed by atoms with Crippen LogP contribution in [0.1, 0.15) is 69.6 Å². The fourth-order valence-corrected chi connectivity index (χ4v) is 4.69. The summed E-state index contributed by atoms with van der Waals surface area (Å²) in [6.07, 6.45) is 0.348. The first-order valence-electron chi connectivity index (χ1n) is 12.7. The van der Waals surface area contributed by atoms with Crippen LogP contribution in [0.3, 0.4) is 0 Å². The fourth-order valence-electron chi connectivity index (χ4n) is 4.69. The molecule has 1 aromatic heterocycles. The molecule has 0 saturated carbocycles. The van der Waals surface area contributed by atoms with Crippen molar-refractivity contribution < 1.29 is 11.4 Å². The van der Waals surface area contributed by atoms with Gasteiger partial charge in [0.15, 0.2) is 6.20 Å². The average Bonchev–Trinajstić information content (AvgIpc) is 2.66. The van der Waals surface area contributed by atoms with Crippen molar-refractivity contribution in [2.75, 3.05) is 0 Å². The number of nitrogens with zero attached hydrogens (tertiary/aromatic N) is 1. The van der Waals surface area contributed by atoms with Gasteiger partial charge in [0.1, 0.15) is 7.05 Å². The molecule has 0 aliphatic heterocycles. The summed E-state index contributed by atoms with van der Waals surface area (Å²) >= 11 is 0. The molecule has 0 spiro atoms. The van der Waals surface area contributed by atoms with Crippen LogP contribution in [-0.2, 0) is 13.4 Å². The highest BCUT2D eigenvalue weighted by molar-refractivity contribution is 5.94. The van der Waals surface area contributed by atoms with Crippen LogP contribution in [0.5, 0.6) is 0 Å². The Hall–Kier alpha value is -2.15. The maximum Gasteiger partial charge on any atom is 0.220 e. The van der Waals surface area contributed by atoms with E-state index in [2.05, 4.69) is 52.0 Å². The highest BCUT2D eigenvalue weighted by atomic mass is 14.9. The van der Waals surface area contributed by atoms with Crippen molar-refractivity contribution in [3.05, 3.63) is 64.8 Å². The number of aromatic nitrogens is 1. The van der Waals surface area contributed by atoms with Gasteiger partial charge in [-0.1, -0.05) is 52.8 Å². The molecule has 0 bridgehead atoms. The van der Waals surface area contributed by atoms with Crippen LogP contribution in [-0.4, -0.2) is 0 Å². The maximum atomic E-state index is 8.32. The van der Waals surface area contributed by atoms with Crippen molar-refractivity contribution in [3.8, 4) is 11.3 Å². The molecule has 0 saturated heterocycles. The third kappa shape index (κ3) is 3.72. The SMILES string of the molecule is [2H]C([2H])([2H])c1cc(-c2c3ccc(C(C(C)C)C(C)C)cc3cc[n+]2C)c(C)c(C([2H])([2H])C)c1. The van der Waals surface area contributed by atoms with Crippen LogP contribution in [0, 0.1) is 25.6 Å². The molecule has 148 valence electrons. The van der Waals surface area contributed by atoms with Gasteiger partial charge < -0.3 is 0 Å². The fraction of sp³-hybridized carbons (Fsp3) is 0.444. The molecular formula is C27H36N+. The van der Waals surface area contributed by atoms with E-state index in [9.17, 15) is 0 Å². The highest BCUT2D eigenvalue weighted by Gasteiger charge is 2.23. The van der Waals surface area contributed by atoms with E-state index in [0.717, 1.165) is 27.6 Å². The van der Waals surface area contributed by atoms with Crippen LogP contribution >= 0.6 is 0 Å². The Bertz CT molecular complexity index is 1160. The van der Waals surface area contributed by atoms with Gasteiger partial charge in [-0.3, -0.25) is 0 Å². The summed E-state index contributed by atoms with van der Waals surface area (Å²) in [6.45, 7) is 10.1. The molecule has 1 heterocycles. The predicted molar refractivity (Wildman–Crippen MR) is 122 cm³/mol.